The van der Waals surface area contributed by atoms with Crippen LogP contribution in [-0.2, 0) is 22.5 Å². The maximum absolute atomic E-state index is 12.6. The molecule has 7 nitrogen and oxygen atoms in total. The Morgan fingerprint density at radius 1 is 1.33 bits per heavy atom. The number of guanidine groups is 1. The number of ether oxygens (including phenoxy) is 1. The Kier molecular flexibility index (Phi) is 6.68. The summed E-state index contributed by atoms with van der Waals surface area (Å²) in [6.45, 7) is 3.81. The summed E-state index contributed by atoms with van der Waals surface area (Å²) >= 11 is 0. The van der Waals surface area contributed by atoms with E-state index in [9.17, 15) is 9.90 Å². The maximum atomic E-state index is 12.6. The Morgan fingerprint density at radius 2 is 2.15 bits per heavy atom. The van der Waals surface area contributed by atoms with Crippen molar-refractivity contribution in [3.8, 4) is 0 Å². The van der Waals surface area contributed by atoms with Gasteiger partial charge in [0, 0.05) is 45.3 Å². The van der Waals surface area contributed by atoms with Crippen LogP contribution in [0.4, 0.5) is 0 Å². The van der Waals surface area contributed by atoms with Crippen LogP contribution in [0.25, 0.3) is 0 Å². The van der Waals surface area contributed by atoms with Gasteiger partial charge in [0.05, 0.1) is 13.2 Å². The normalized spacial score (nSPS) is 22.4. The Hall–Kier alpha value is -2.12. The number of carbonyl (C=O) groups excluding carboxylic acids is 1. The van der Waals surface area contributed by atoms with E-state index in [2.05, 4.69) is 27.8 Å². The molecule has 1 aromatic carbocycles. The van der Waals surface area contributed by atoms with Crippen LogP contribution in [-0.4, -0.2) is 68.4 Å². The number of carbonyl (C=O) groups is 1. The highest BCUT2D eigenvalue weighted by molar-refractivity contribution is 5.86. The smallest absolute Gasteiger partial charge is 0.242 e. The van der Waals surface area contributed by atoms with E-state index in [1.807, 2.05) is 17.0 Å². The lowest BCUT2D eigenvalue weighted by Crippen LogP contribution is -2.48. The van der Waals surface area contributed by atoms with Crippen molar-refractivity contribution >= 4 is 11.9 Å². The molecule has 0 bridgehead atoms. The predicted molar refractivity (Wildman–Crippen MR) is 104 cm³/mol. The van der Waals surface area contributed by atoms with Crippen LogP contribution >= 0.6 is 0 Å². The monoisotopic (exact) mass is 374 g/mol. The summed E-state index contributed by atoms with van der Waals surface area (Å²) in [6.07, 6.45) is 2.52. The van der Waals surface area contributed by atoms with Crippen molar-refractivity contribution in [2.45, 2.75) is 25.8 Å². The summed E-state index contributed by atoms with van der Waals surface area (Å²) in [4.78, 5) is 18.7. The average Bonchev–Trinajstić information content (AvgIpc) is 3.16. The van der Waals surface area contributed by atoms with Gasteiger partial charge in [0.15, 0.2) is 5.96 Å². The van der Waals surface area contributed by atoms with Gasteiger partial charge in [-0.25, -0.2) is 0 Å². The van der Waals surface area contributed by atoms with E-state index in [0.29, 0.717) is 32.1 Å². The molecule has 2 aliphatic rings. The van der Waals surface area contributed by atoms with Crippen LogP contribution in [0, 0.1) is 5.41 Å². The van der Waals surface area contributed by atoms with E-state index in [0.717, 1.165) is 26.0 Å². The number of amides is 1. The molecule has 1 aromatic rings. The van der Waals surface area contributed by atoms with Crippen molar-refractivity contribution in [3.05, 3.63) is 35.4 Å². The quantitative estimate of drug-likeness (QED) is 0.499. The Labute approximate surface area is 160 Å². The third kappa shape index (κ3) is 4.99. The standard InChI is InChI=1S/C20H30N4O3/c1-21-19(23-14-20(7-10-25)8-11-27-15-20)22-12-18(26)24-9-6-16-4-2-3-5-17(16)13-24/h2-5,25H,6-15H2,1H3,(H2,21,22,23). The van der Waals surface area contributed by atoms with E-state index in [4.69, 9.17) is 4.74 Å². The molecule has 2 heterocycles. The second kappa shape index (κ2) is 9.19. The summed E-state index contributed by atoms with van der Waals surface area (Å²) in [5, 5.41) is 15.7. The molecule has 1 amide bonds. The number of rotatable bonds is 6. The lowest BCUT2D eigenvalue weighted by atomic mass is 9.84. The molecule has 2 aliphatic heterocycles. The van der Waals surface area contributed by atoms with E-state index < -0.39 is 0 Å². The highest BCUT2D eigenvalue weighted by atomic mass is 16.5. The number of aliphatic hydroxyl groups excluding tert-OH is 1. The number of fused-ring (bicyclic) bond motifs is 1. The minimum atomic E-state index is -0.0625. The highest BCUT2D eigenvalue weighted by Crippen LogP contribution is 2.31. The second-order valence-electron chi connectivity index (χ2n) is 7.39. The number of aliphatic imine (C=N–C) groups is 1. The molecule has 1 unspecified atom stereocenters. The highest BCUT2D eigenvalue weighted by Gasteiger charge is 2.34. The molecule has 0 radical (unpaired) electrons. The topological polar surface area (TPSA) is 86.2 Å². The number of nitrogens with one attached hydrogen (secondary N) is 2. The molecule has 0 spiro atoms. The molecular formula is C20H30N4O3. The SMILES string of the molecule is CN=C(NCC(=O)N1CCc2ccccc2C1)NCC1(CCO)CCOC1. The van der Waals surface area contributed by atoms with Crippen molar-refractivity contribution < 1.29 is 14.6 Å². The molecule has 27 heavy (non-hydrogen) atoms. The molecule has 0 saturated carbocycles. The zero-order chi connectivity index (χ0) is 19.1. The van der Waals surface area contributed by atoms with Crippen LogP contribution in [0.3, 0.4) is 0 Å². The van der Waals surface area contributed by atoms with E-state index in [1.54, 1.807) is 7.05 Å². The molecule has 3 N–H and O–H groups in total. The molecule has 7 heteroatoms. The fourth-order valence-corrected chi connectivity index (χ4v) is 3.78. The average molecular weight is 374 g/mol. The summed E-state index contributed by atoms with van der Waals surface area (Å²) in [5.41, 5.74) is 2.50. The Morgan fingerprint density at radius 3 is 2.85 bits per heavy atom. The van der Waals surface area contributed by atoms with E-state index in [1.165, 1.54) is 11.1 Å². The fourth-order valence-electron chi connectivity index (χ4n) is 3.78. The number of hydrogen-bond acceptors (Lipinski definition) is 4. The van der Waals surface area contributed by atoms with Crippen LogP contribution in [0.2, 0.25) is 0 Å². The molecular weight excluding hydrogens is 344 g/mol. The van der Waals surface area contributed by atoms with E-state index in [-0.39, 0.29) is 24.5 Å². The molecule has 1 saturated heterocycles. The molecule has 0 aromatic heterocycles. The van der Waals surface area contributed by atoms with Crippen molar-refractivity contribution in [1.29, 1.82) is 0 Å². The lowest BCUT2D eigenvalue weighted by Gasteiger charge is -2.30. The molecule has 1 fully saturated rings. The summed E-state index contributed by atoms with van der Waals surface area (Å²) in [5.74, 6) is 0.673. The van der Waals surface area contributed by atoms with Gasteiger partial charge in [0.1, 0.15) is 0 Å². The van der Waals surface area contributed by atoms with Gasteiger partial charge in [-0.1, -0.05) is 24.3 Å². The van der Waals surface area contributed by atoms with Crippen molar-refractivity contribution in [1.82, 2.24) is 15.5 Å². The van der Waals surface area contributed by atoms with Crippen molar-refractivity contribution in [2.24, 2.45) is 10.4 Å². The Balaban J connectivity index is 1.47. The van der Waals surface area contributed by atoms with Gasteiger partial charge in [0.25, 0.3) is 0 Å². The number of nitrogens with zero attached hydrogens (tertiary/aromatic N) is 2. The molecule has 148 valence electrons. The second-order valence-corrected chi connectivity index (χ2v) is 7.39. The lowest BCUT2D eigenvalue weighted by molar-refractivity contribution is -0.130. The third-order valence-corrected chi connectivity index (χ3v) is 5.57. The van der Waals surface area contributed by atoms with Crippen molar-refractivity contribution in [2.75, 3.05) is 46.5 Å². The number of aliphatic hydroxyl groups is 1. The van der Waals surface area contributed by atoms with Gasteiger partial charge >= 0.3 is 0 Å². The minimum absolute atomic E-state index is 0.0625. The first-order chi connectivity index (χ1) is 13.2. The minimum Gasteiger partial charge on any atom is -0.396 e. The van der Waals surface area contributed by atoms with Gasteiger partial charge < -0.3 is 25.4 Å². The number of benzene rings is 1. The summed E-state index contributed by atoms with van der Waals surface area (Å²) in [7, 11) is 1.70. The largest absolute Gasteiger partial charge is 0.396 e. The van der Waals surface area contributed by atoms with Crippen LogP contribution in [0.5, 0.6) is 0 Å². The molecule has 3 rings (SSSR count). The third-order valence-electron chi connectivity index (χ3n) is 5.57. The van der Waals surface area contributed by atoms with Gasteiger partial charge in [0.2, 0.25) is 5.91 Å². The first kappa shape index (κ1) is 19.6. The van der Waals surface area contributed by atoms with Crippen molar-refractivity contribution in [3.63, 3.8) is 0 Å². The number of hydrogen-bond donors (Lipinski definition) is 3. The van der Waals surface area contributed by atoms with E-state index >= 15 is 0 Å². The maximum Gasteiger partial charge on any atom is 0.242 e. The first-order valence-electron chi connectivity index (χ1n) is 9.63. The molecule has 0 aliphatic carbocycles. The Bertz CT molecular complexity index is 671. The van der Waals surface area contributed by atoms with Gasteiger partial charge in [-0.2, -0.15) is 0 Å². The fraction of sp³-hybridized carbons (Fsp3) is 0.600. The predicted octanol–water partition coefficient (Wildman–Crippen LogP) is 0.525. The van der Waals surface area contributed by atoms with Gasteiger partial charge in [-0.3, -0.25) is 9.79 Å². The van der Waals surface area contributed by atoms with Crippen LogP contribution in [0.15, 0.2) is 29.3 Å². The van der Waals surface area contributed by atoms with Crippen LogP contribution < -0.4 is 10.6 Å². The zero-order valence-electron chi connectivity index (χ0n) is 16.0. The molecule has 1 atom stereocenters. The zero-order valence-corrected chi connectivity index (χ0v) is 16.0. The first-order valence-corrected chi connectivity index (χ1v) is 9.63. The van der Waals surface area contributed by atoms with Gasteiger partial charge in [-0.15, -0.1) is 0 Å². The van der Waals surface area contributed by atoms with Gasteiger partial charge in [-0.05, 0) is 30.4 Å². The summed E-state index contributed by atoms with van der Waals surface area (Å²) in [6, 6.07) is 8.29. The summed E-state index contributed by atoms with van der Waals surface area (Å²) < 4.78 is 5.51. The van der Waals surface area contributed by atoms with Crippen LogP contribution in [0.1, 0.15) is 24.0 Å².